The Labute approximate surface area is 114 Å². The first-order valence-electron chi connectivity index (χ1n) is 5.55. The molecule has 1 aromatic heterocycles. The molecule has 1 atom stereocenters. The zero-order valence-corrected chi connectivity index (χ0v) is 12.1. The maximum atomic E-state index is 6.16. The molecule has 17 heavy (non-hydrogen) atoms. The van der Waals surface area contributed by atoms with Crippen LogP contribution in [0.3, 0.4) is 0 Å². The van der Waals surface area contributed by atoms with Crippen LogP contribution in [0.15, 0.2) is 34.1 Å². The van der Waals surface area contributed by atoms with E-state index in [9.17, 15) is 0 Å². The fraction of sp³-hybridized carbons (Fsp3) is 0.308. The molecule has 4 heteroatoms. The van der Waals surface area contributed by atoms with Crippen LogP contribution in [0.5, 0.6) is 0 Å². The molecule has 2 rings (SSSR count). The summed E-state index contributed by atoms with van der Waals surface area (Å²) in [7, 11) is 0. The molecule has 0 amide bonds. The fourth-order valence-electron chi connectivity index (χ4n) is 1.74. The zero-order chi connectivity index (χ0) is 12.3. The average Bonchev–Trinajstić information content (AvgIpc) is 2.67. The van der Waals surface area contributed by atoms with Gasteiger partial charge in [0.1, 0.15) is 0 Å². The molecule has 0 saturated carbocycles. The van der Waals surface area contributed by atoms with Crippen LogP contribution in [0.1, 0.15) is 16.3 Å². The molecule has 2 nitrogen and oxygen atoms in total. The van der Waals surface area contributed by atoms with E-state index in [-0.39, 0.29) is 6.04 Å². The molecule has 2 aromatic rings. The van der Waals surface area contributed by atoms with Gasteiger partial charge in [-0.3, -0.25) is 0 Å². The molecule has 1 heterocycles. The second-order valence-corrected chi connectivity index (χ2v) is 5.94. The molecule has 2 N–H and O–H groups in total. The van der Waals surface area contributed by atoms with Crippen molar-refractivity contribution in [3.63, 3.8) is 0 Å². The van der Waals surface area contributed by atoms with Crippen molar-refractivity contribution in [1.29, 1.82) is 0 Å². The van der Waals surface area contributed by atoms with Crippen LogP contribution in [0.4, 0.5) is 0 Å². The Kier molecular flexibility index (Phi) is 4.31. The number of hydrogen-bond acceptors (Lipinski definition) is 3. The lowest BCUT2D eigenvalue weighted by atomic mass is 10.0. The van der Waals surface area contributed by atoms with Crippen molar-refractivity contribution in [2.24, 2.45) is 5.73 Å². The summed E-state index contributed by atoms with van der Waals surface area (Å²) in [6.45, 7) is 2.01. The first kappa shape index (κ1) is 12.7. The second kappa shape index (κ2) is 5.76. The first-order valence-corrected chi connectivity index (χ1v) is 7.22. The SMILES string of the molecule is Cc1csc(CC(N)Cc2ccccc2Br)n1. The number of thiazole rings is 1. The lowest BCUT2D eigenvalue weighted by molar-refractivity contribution is 0.660. The minimum atomic E-state index is 0.124. The molecule has 0 spiro atoms. The van der Waals surface area contributed by atoms with E-state index in [2.05, 4.69) is 38.4 Å². The summed E-state index contributed by atoms with van der Waals surface area (Å²) in [6, 6.07) is 8.34. The van der Waals surface area contributed by atoms with Crippen molar-refractivity contribution in [2.75, 3.05) is 0 Å². The Morgan fingerprint density at radius 1 is 1.35 bits per heavy atom. The summed E-state index contributed by atoms with van der Waals surface area (Å²) >= 11 is 5.24. The van der Waals surface area contributed by atoms with E-state index >= 15 is 0 Å². The van der Waals surface area contributed by atoms with Crippen LogP contribution in [-0.2, 0) is 12.8 Å². The van der Waals surface area contributed by atoms with E-state index in [1.165, 1.54) is 5.56 Å². The van der Waals surface area contributed by atoms with Gasteiger partial charge in [-0.05, 0) is 25.0 Å². The Hall–Kier alpha value is -0.710. The standard InChI is InChI=1S/C13H15BrN2S/c1-9-8-17-13(16-9)7-11(15)6-10-4-2-3-5-12(10)14/h2-5,8,11H,6-7,15H2,1H3. The van der Waals surface area contributed by atoms with Crippen molar-refractivity contribution in [2.45, 2.75) is 25.8 Å². The van der Waals surface area contributed by atoms with Crippen LogP contribution in [-0.4, -0.2) is 11.0 Å². The molecular weight excluding hydrogens is 296 g/mol. The molecule has 0 fully saturated rings. The summed E-state index contributed by atoms with van der Waals surface area (Å²) in [5.74, 6) is 0. The van der Waals surface area contributed by atoms with Gasteiger partial charge in [-0.2, -0.15) is 0 Å². The molecule has 0 aliphatic carbocycles. The zero-order valence-electron chi connectivity index (χ0n) is 9.69. The molecule has 1 aromatic carbocycles. The van der Waals surface area contributed by atoms with E-state index in [1.807, 2.05) is 19.1 Å². The van der Waals surface area contributed by atoms with Crippen molar-refractivity contribution < 1.29 is 0 Å². The number of hydrogen-bond donors (Lipinski definition) is 1. The Balaban J connectivity index is 1.98. The highest BCUT2D eigenvalue weighted by molar-refractivity contribution is 9.10. The van der Waals surface area contributed by atoms with Crippen molar-refractivity contribution in [1.82, 2.24) is 4.98 Å². The first-order chi connectivity index (χ1) is 8.15. The maximum Gasteiger partial charge on any atom is 0.0943 e. The minimum absolute atomic E-state index is 0.124. The van der Waals surface area contributed by atoms with Gasteiger partial charge in [0.2, 0.25) is 0 Å². The van der Waals surface area contributed by atoms with Crippen LogP contribution < -0.4 is 5.73 Å². The largest absolute Gasteiger partial charge is 0.327 e. The Morgan fingerprint density at radius 2 is 2.12 bits per heavy atom. The van der Waals surface area contributed by atoms with Crippen molar-refractivity contribution in [3.05, 3.63) is 50.4 Å². The monoisotopic (exact) mass is 310 g/mol. The molecule has 0 radical (unpaired) electrons. The van der Waals surface area contributed by atoms with E-state index in [0.29, 0.717) is 0 Å². The summed E-state index contributed by atoms with van der Waals surface area (Å²) < 4.78 is 1.13. The Bertz CT molecular complexity index is 496. The lowest BCUT2D eigenvalue weighted by Gasteiger charge is -2.11. The van der Waals surface area contributed by atoms with Gasteiger partial charge in [0.25, 0.3) is 0 Å². The molecule has 0 bridgehead atoms. The lowest BCUT2D eigenvalue weighted by Crippen LogP contribution is -2.25. The van der Waals surface area contributed by atoms with Gasteiger partial charge >= 0.3 is 0 Å². The highest BCUT2D eigenvalue weighted by atomic mass is 79.9. The molecule has 1 unspecified atom stereocenters. The summed E-state index contributed by atoms with van der Waals surface area (Å²) in [6.07, 6.45) is 1.72. The molecule has 0 saturated heterocycles. The van der Waals surface area contributed by atoms with Crippen LogP contribution in [0, 0.1) is 6.92 Å². The molecule has 0 aliphatic heterocycles. The van der Waals surface area contributed by atoms with E-state index in [1.54, 1.807) is 11.3 Å². The number of nitrogens with zero attached hydrogens (tertiary/aromatic N) is 1. The third kappa shape index (κ3) is 3.63. The van der Waals surface area contributed by atoms with Gasteiger partial charge in [-0.25, -0.2) is 4.98 Å². The normalized spacial score (nSPS) is 12.6. The highest BCUT2D eigenvalue weighted by Gasteiger charge is 2.09. The summed E-state index contributed by atoms with van der Waals surface area (Å²) in [5.41, 5.74) is 8.50. The predicted molar refractivity (Wildman–Crippen MR) is 76.4 cm³/mol. The smallest absolute Gasteiger partial charge is 0.0943 e. The third-order valence-corrected chi connectivity index (χ3v) is 4.31. The van der Waals surface area contributed by atoms with E-state index in [0.717, 1.165) is 28.0 Å². The van der Waals surface area contributed by atoms with Gasteiger partial charge in [-0.15, -0.1) is 11.3 Å². The van der Waals surface area contributed by atoms with E-state index < -0.39 is 0 Å². The van der Waals surface area contributed by atoms with Crippen LogP contribution in [0.2, 0.25) is 0 Å². The Morgan fingerprint density at radius 3 is 2.76 bits per heavy atom. The number of rotatable bonds is 4. The average molecular weight is 311 g/mol. The number of nitrogens with two attached hydrogens (primary N) is 1. The second-order valence-electron chi connectivity index (χ2n) is 4.14. The van der Waals surface area contributed by atoms with E-state index in [4.69, 9.17) is 5.73 Å². The minimum Gasteiger partial charge on any atom is -0.327 e. The predicted octanol–water partition coefficient (Wildman–Crippen LogP) is 3.33. The summed E-state index contributed by atoms with van der Waals surface area (Å²) in [4.78, 5) is 4.44. The highest BCUT2D eigenvalue weighted by Crippen LogP contribution is 2.18. The maximum absolute atomic E-state index is 6.16. The molecular formula is C13H15BrN2S. The van der Waals surface area contributed by atoms with Gasteiger partial charge in [-0.1, -0.05) is 34.1 Å². The van der Waals surface area contributed by atoms with Gasteiger partial charge in [0, 0.05) is 28.0 Å². The van der Waals surface area contributed by atoms with Gasteiger partial charge in [0.15, 0.2) is 0 Å². The molecule has 0 aliphatic rings. The molecule has 90 valence electrons. The van der Waals surface area contributed by atoms with Crippen LogP contribution in [0.25, 0.3) is 0 Å². The quantitative estimate of drug-likeness (QED) is 0.940. The van der Waals surface area contributed by atoms with Crippen molar-refractivity contribution in [3.8, 4) is 0 Å². The number of benzene rings is 1. The summed E-state index contributed by atoms with van der Waals surface area (Å²) in [5, 5.41) is 3.20. The number of aromatic nitrogens is 1. The van der Waals surface area contributed by atoms with Gasteiger partial charge in [0.05, 0.1) is 5.01 Å². The topological polar surface area (TPSA) is 38.9 Å². The van der Waals surface area contributed by atoms with Gasteiger partial charge < -0.3 is 5.73 Å². The number of aryl methyl sites for hydroxylation is 1. The van der Waals surface area contributed by atoms with Crippen LogP contribution >= 0.6 is 27.3 Å². The van der Waals surface area contributed by atoms with Crippen molar-refractivity contribution >= 4 is 27.3 Å². The number of halogens is 1. The fourth-order valence-corrected chi connectivity index (χ4v) is 3.05. The third-order valence-electron chi connectivity index (χ3n) is 2.54.